The Morgan fingerprint density at radius 2 is 1.94 bits per heavy atom. The standard InChI is InChI=1S/C13H12F3NO/c14-13(15,16)10-3-1-9(2-4-10)12-5-11(12)6-17(7-12)8-18/h1-4,8,11H,5-7H2. The molecule has 2 aliphatic rings. The fraction of sp³-hybridized carbons (Fsp3) is 0.462. The molecule has 0 aromatic heterocycles. The van der Waals surface area contributed by atoms with Crippen molar-refractivity contribution in [3.8, 4) is 0 Å². The van der Waals surface area contributed by atoms with E-state index in [1.807, 2.05) is 0 Å². The summed E-state index contributed by atoms with van der Waals surface area (Å²) < 4.78 is 37.4. The van der Waals surface area contributed by atoms with Gasteiger partial charge in [0.1, 0.15) is 0 Å². The summed E-state index contributed by atoms with van der Waals surface area (Å²) in [6.45, 7) is 1.36. The molecule has 2 nitrogen and oxygen atoms in total. The molecule has 1 aromatic rings. The molecule has 2 fully saturated rings. The van der Waals surface area contributed by atoms with Gasteiger partial charge in [0, 0.05) is 18.5 Å². The maximum absolute atomic E-state index is 12.5. The van der Waals surface area contributed by atoms with Gasteiger partial charge >= 0.3 is 6.18 Å². The SMILES string of the molecule is O=CN1CC2CC2(c2ccc(C(F)(F)F)cc2)C1. The summed E-state index contributed by atoms with van der Waals surface area (Å²) in [6, 6.07) is 5.36. The maximum Gasteiger partial charge on any atom is 0.416 e. The number of likely N-dealkylation sites (tertiary alicyclic amines) is 1. The van der Waals surface area contributed by atoms with Gasteiger partial charge in [0.25, 0.3) is 0 Å². The number of carbonyl (C=O) groups excluding carboxylic acids is 1. The largest absolute Gasteiger partial charge is 0.416 e. The molecule has 0 spiro atoms. The maximum atomic E-state index is 12.5. The minimum absolute atomic E-state index is 0.0783. The van der Waals surface area contributed by atoms with Gasteiger partial charge in [-0.15, -0.1) is 0 Å². The summed E-state index contributed by atoms with van der Waals surface area (Å²) in [4.78, 5) is 12.4. The number of halogens is 3. The van der Waals surface area contributed by atoms with E-state index >= 15 is 0 Å². The van der Waals surface area contributed by atoms with E-state index in [2.05, 4.69) is 0 Å². The van der Waals surface area contributed by atoms with Gasteiger partial charge in [0.2, 0.25) is 6.41 Å². The minimum Gasteiger partial charge on any atom is -0.344 e. The zero-order chi connectivity index (χ0) is 13.0. The predicted molar refractivity (Wildman–Crippen MR) is 58.9 cm³/mol. The van der Waals surface area contributed by atoms with Crippen LogP contribution in [0.25, 0.3) is 0 Å². The molecule has 1 saturated heterocycles. The number of hydrogen-bond donors (Lipinski definition) is 0. The van der Waals surface area contributed by atoms with Crippen LogP contribution in [0.3, 0.4) is 0 Å². The van der Waals surface area contributed by atoms with Crippen LogP contribution in [0.15, 0.2) is 24.3 Å². The second-order valence-corrected chi connectivity index (χ2v) is 5.17. The van der Waals surface area contributed by atoms with Crippen LogP contribution in [-0.2, 0) is 16.4 Å². The van der Waals surface area contributed by atoms with E-state index in [1.165, 1.54) is 0 Å². The Bertz CT molecular complexity index is 482. The average Bonchev–Trinajstić information content (AvgIpc) is 2.91. The molecule has 1 amide bonds. The molecule has 1 aliphatic carbocycles. The predicted octanol–water partition coefficient (Wildman–Crippen LogP) is 2.44. The van der Waals surface area contributed by atoms with Crippen molar-refractivity contribution in [3.63, 3.8) is 0 Å². The Labute approximate surface area is 102 Å². The number of piperidine rings is 1. The van der Waals surface area contributed by atoms with E-state index in [1.54, 1.807) is 17.0 Å². The zero-order valence-electron chi connectivity index (χ0n) is 9.57. The Hall–Kier alpha value is -1.52. The van der Waals surface area contributed by atoms with Crippen LogP contribution < -0.4 is 0 Å². The quantitative estimate of drug-likeness (QED) is 0.743. The zero-order valence-corrected chi connectivity index (χ0v) is 9.57. The lowest BCUT2D eigenvalue weighted by Crippen LogP contribution is -2.25. The number of alkyl halides is 3. The van der Waals surface area contributed by atoms with Gasteiger partial charge in [-0.05, 0) is 30.0 Å². The van der Waals surface area contributed by atoms with E-state index in [9.17, 15) is 18.0 Å². The van der Waals surface area contributed by atoms with Crippen molar-refractivity contribution in [1.29, 1.82) is 0 Å². The lowest BCUT2D eigenvalue weighted by atomic mass is 9.94. The average molecular weight is 255 g/mol. The second-order valence-electron chi connectivity index (χ2n) is 5.17. The van der Waals surface area contributed by atoms with Crippen molar-refractivity contribution >= 4 is 6.41 Å². The van der Waals surface area contributed by atoms with Gasteiger partial charge in [0.15, 0.2) is 0 Å². The molecule has 1 heterocycles. The van der Waals surface area contributed by atoms with Crippen LogP contribution in [0, 0.1) is 5.92 Å². The molecule has 0 bridgehead atoms. The molecule has 1 saturated carbocycles. The van der Waals surface area contributed by atoms with Crippen LogP contribution >= 0.6 is 0 Å². The van der Waals surface area contributed by atoms with Gasteiger partial charge in [-0.2, -0.15) is 13.2 Å². The van der Waals surface area contributed by atoms with Crippen molar-refractivity contribution in [2.75, 3.05) is 13.1 Å². The lowest BCUT2D eigenvalue weighted by molar-refractivity contribution is -0.137. The van der Waals surface area contributed by atoms with Crippen molar-refractivity contribution in [3.05, 3.63) is 35.4 Å². The first kappa shape index (κ1) is 11.6. The molecule has 1 aromatic carbocycles. The van der Waals surface area contributed by atoms with E-state index in [4.69, 9.17) is 0 Å². The Kier molecular flexibility index (Phi) is 2.24. The summed E-state index contributed by atoms with van der Waals surface area (Å²) in [5, 5.41) is 0. The van der Waals surface area contributed by atoms with E-state index in [-0.39, 0.29) is 5.41 Å². The first-order valence-electron chi connectivity index (χ1n) is 5.83. The molecule has 0 N–H and O–H groups in total. The van der Waals surface area contributed by atoms with E-state index in [0.717, 1.165) is 37.1 Å². The summed E-state index contributed by atoms with van der Waals surface area (Å²) in [5.41, 5.74) is 0.223. The topological polar surface area (TPSA) is 20.3 Å². The van der Waals surface area contributed by atoms with Gasteiger partial charge < -0.3 is 4.90 Å². The van der Waals surface area contributed by atoms with Crippen LogP contribution in [0.4, 0.5) is 13.2 Å². The van der Waals surface area contributed by atoms with Crippen molar-refractivity contribution in [1.82, 2.24) is 4.90 Å². The van der Waals surface area contributed by atoms with Crippen LogP contribution in [0.2, 0.25) is 0 Å². The van der Waals surface area contributed by atoms with Crippen LogP contribution in [-0.4, -0.2) is 24.4 Å². The highest BCUT2D eigenvalue weighted by Gasteiger charge is 2.60. The Balaban J connectivity index is 1.85. The number of nitrogens with zero attached hydrogens (tertiary/aromatic N) is 1. The van der Waals surface area contributed by atoms with E-state index in [0.29, 0.717) is 12.5 Å². The minimum atomic E-state index is -4.29. The highest BCUT2D eigenvalue weighted by Crippen LogP contribution is 2.58. The number of rotatable bonds is 2. The smallest absolute Gasteiger partial charge is 0.344 e. The van der Waals surface area contributed by atoms with Gasteiger partial charge in [-0.1, -0.05) is 12.1 Å². The number of hydrogen-bond acceptors (Lipinski definition) is 1. The third kappa shape index (κ3) is 1.61. The third-order valence-corrected chi connectivity index (χ3v) is 4.11. The highest BCUT2D eigenvalue weighted by molar-refractivity contribution is 5.52. The number of amides is 1. The van der Waals surface area contributed by atoms with Gasteiger partial charge in [-0.25, -0.2) is 0 Å². The molecular formula is C13H12F3NO. The van der Waals surface area contributed by atoms with Crippen LogP contribution in [0.1, 0.15) is 17.5 Å². The van der Waals surface area contributed by atoms with Crippen LogP contribution in [0.5, 0.6) is 0 Å². The molecule has 2 unspecified atom stereocenters. The molecule has 1 aliphatic heterocycles. The number of carbonyl (C=O) groups is 1. The van der Waals surface area contributed by atoms with Gasteiger partial charge in [0.05, 0.1) is 5.56 Å². The number of benzene rings is 1. The lowest BCUT2D eigenvalue weighted by Gasteiger charge is -2.17. The number of fused-ring (bicyclic) bond motifs is 1. The fourth-order valence-electron chi connectivity index (χ4n) is 3.04. The monoisotopic (exact) mass is 255 g/mol. The van der Waals surface area contributed by atoms with Crippen molar-refractivity contribution < 1.29 is 18.0 Å². The highest BCUT2D eigenvalue weighted by atomic mass is 19.4. The fourth-order valence-corrected chi connectivity index (χ4v) is 3.04. The summed E-state index contributed by atoms with van der Waals surface area (Å²) in [5.74, 6) is 0.416. The molecule has 18 heavy (non-hydrogen) atoms. The molecule has 96 valence electrons. The molecule has 0 radical (unpaired) electrons. The van der Waals surface area contributed by atoms with Crippen molar-refractivity contribution in [2.24, 2.45) is 5.92 Å². The summed E-state index contributed by atoms with van der Waals surface area (Å²) in [6.07, 6.45) is -2.50. The van der Waals surface area contributed by atoms with E-state index < -0.39 is 11.7 Å². The third-order valence-electron chi connectivity index (χ3n) is 4.11. The Morgan fingerprint density at radius 3 is 2.44 bits per heavy atom. The first-order chi connectivity index (χ1) is 8.45. The van der Waals surface area contributed by atoms with Gasteiger partial charge in [-0.3, -0.25) is 4.79 Å². The first-order valence-corrected chi connectivity index (χ1v) is 5.83. The molecule has 2 atom stereocenters. The normalized spacial score (nSPS) is 30.2. The molecular weight excluding hydrogens is 243 g/mol. The van der Waals surface area contributed by atoms with Crippen molar-refractivity contribution in [2.45, 2.75) is 18.0 Å². The Morgan fingerprint density at radius 1 is 1.28 bits per heavy atom. The summed E-state index contributed by atoms with van der Waals surface area (Å²) >= 11 is 0. The second kappa shape index (κ2) is 3.49. The molecule has 3 rings (SSSR count). The summed E-state index contributed by atoms with van der Waals surface area (Å²) in [7, 11) is 0. The molecule has 5 heteroatoms.